The van der Waals surface area contributed by atoms with Gasteiger partial charge in [0, 0.05) is 12.5 Å². The summed E-state index contributed by atoms with van der Waals surface area (Å²) in [6.45, 7) is 3.65. The largest absolute Gasteiger partial charge is 0.478 e. The molecule has 0 aliphatic carbocycles. The van der Waals surface area contributed by atoms with Crippen LogP contribution in [0.2, 0.25) is 0 Å². The molecule has 0 aliphatic rings. The van der Waals surface area contributed by atoms with Crippen molar-refractivity contribution < 1.29 is 18.3 Å². The summed E-state index contributed by atoms with van der Waals surface area (Å²) in [6.07, 6.45) is 6.55. The third-order valence-electron chi connectivity index (χ3n) is 3.16. The highest BCUT2D eigenvalue weighted by molar-refractivity contribution is 7.89. The number of nitrogens with one attached hydrogen (secondary N) is 1. The maximum atomic E-state index is 12.5. The van der Waals surface area contributed by atoms with Crippen LogP contribution in [-0.2, 0) is 16.4 Å². The Hall–Kier alpha value is -1.84. The molecule has 0 amide bonds. The molecule has 1 aromatic carbocycles. The lowest BCUT2D eigenvalue weighted by Gasteiger charge is -2.16. The Balaban J connectivity index is 3.26. The Morgan fingerprint density at radius 3 is 2.57 bits per heavy atom. The van der Waals surface area contributed by atoms with E-state index in [0.29, 0.717) is 18.4 Å². The van der Waals surface area contributed by atoms with Crippen molar-refractivity contribution >= 4 is 16.0 Å². The number of carbonyl (C=O) groups is 1. The summed E-state index contributed by atoms with van der Waals surface area (Å²) in [4.78, 5) is 11.0. The number of sulfonamides is 1. The first kappa shape index (κ1) is 17.2. The number of benzene rings is 1. The molecule has 0 heterocycles. The number of hydrogen-bond acceptors (Lipinski definition) is 3. The van der Waals surface area contributed by atoms with E-state index in [0.717, 1.165) is 0 Å². The van der Waals surface area contributed by atoms with E-state index in [4.69, 9.17) is 11.5 Å². The lowest BCUT2D eigenvalue weighted by molar-refractivity contribution is 0.0696. The number of carboxylic acids is 1. The van der Waals surface area contributed by atoms with Crippen molar-refractivity contribution in [3.63, 3.8) is 0 Å². The molecule has 0 aromatic heterocycles. The van der Waals surface area contributed by atoms with Gasteiger partial charge in [0.25, 0.3) is 0 Å². The van der Waals surface area contributed by atoms with Crippen LogP contribution >= 0.6 is 0 Å². The molecule has 21 heavy (non-hydrogen) atoms. The van der Waals surface area contributed by atoms with Crippen LogP contribution in [0.5, 0.6) is 0 Å². The highest BCUT2D eigenvalue weighted by atomic mass is 32.2. The van der Waals surface area contributed by atoms with Gasteiger partial charge in [0.1, 0.15) is 0 Å². The van der Waals surface area contributed by atoms with Crippen molar-refractivity contribution in [3.8, 4) is 12.3 Å². The Bertz CT molecular complexity index is 659. The molecule has 1 rings (SSSR count). The van der Waals surface area contributed by atoms with E-state index in [1.54, 1.807) is 0 Å². The molecule has 0 bridgehead atoms. The average molecular weight is 309 g/mol. The Morgan fingerprint density at radius 1 is 1.43 bits per heavy atom. The van der Waals surface area contributed by atoms with E-state index >= 15 is 0 Å². The summed E-state index contributed by atoms with van der Waals surface area (Å²) in [5.41, 5.74) is 0.514. The molecule has 6 heteroatoms. The molecular formula is C15H19NO4S. The normalized spacial score (nSPS) is 12.6. The predicted molar refractivity (Wildman–Crippen MR) is 80.6 cm³/mol. The molecule has 5 nitrogen and oxygen atoms in total. The second kappa shape index (κ2) is 7.25. The zero-order valence-corrected chi connectivity index (χ0v) is 12.9. The first-order valence-corrected chi connectivity index (χ1v) is 8.16. The van der Waals surface area contributed by atoms with E-state index in [1.165, 1.54) is 18.2 Å². The van der Waals surface area contributed by atoms with Crippen LogP contribution < -0.4 is 4.72 Å². The molecule has 0 saturated carbocycles. The highest BCUT2D eigenvalue weighted by Crippen LogP contribution is 2.19. The molecule has 0 saturated heterocycles. The molecule has 0 fully saturated rings. The number of terminal acetylenes is 1. The van der Waals surface area contributed by atoms with Crippen LogP contribution in [-0.4, -0.2) is 25.5 Å². The van der Waals surface area contributed by atoms with Gasteiger partial charge in [0.15, 0.2) is 0 Å². The predicted octanol–water partition coefficient (Wildman–Crippen LogP) is 2.03. The molecule has 1 unspecified atom stereocenters. The fraction of sp³-hybridized carbons (Fsp3) is 0.400. The van der Waals surface area contributed by atoms with E-state index < -0.39 is 16.0 Å². The molecule has 2 N–H and O–H groups in total. The lowest BCUT2D eigenvalue weighted by atomic mass is 10.1. The minimum Gasteiger partial charge on any atom is -0.478 e. The highest BCUT2D eigenvalue weighted by Gasteiger charge is 2.22. The van der Waals surface area contributed by atoms with Crippen molar-refractivity contribution in [1.82, 2.24) is 4.72 Å². The number of carboxylic acid groups (broad SMARTS) is 1. The third-order valence-corrected chi connectivity index (χ3v) is 4.77. The van der Waals surface area contributed by atoms with Gasteiger partial charge in [-0.25, -0.2) is 17.9 Å². The molecular weight excluding hydrogens is 290 g/mol. The molecule has 0 aliphatic heterocycles. The summed E-state index contributed by atoms with van der Waals surface area (Å²) in [5, 5.41) is 9.01. The van der Waals surface area contributed by atoms with E-state index in [9.17, 15) is 13.2 Å². The van der Waals surface area contributed by atoms with E-state index in [-0.39, 0.29) is 22.9 Å². The zero-order chi connectivity index (χ0) is 16.0. The van der Waals surface area contributed by atoms with Crippen LogP contribution in [0.4, 0.5) is 0 Å². The van der Waals surface area contributed by atoms with Gasteiger partial charge in [-0.1, -0.05) is 19.9 Å². The van der Waals surface area contributed by atoms with Crippen molar-refractivity contribution in [2.24, 2.45) is 0 Å². The molecule has 1 aromatic rings. The van der Waals surface area contributed by atoms with Crippen LogP contribution in [0, 0.1) is 12.3 Å². The molecule has 1 atom stereocenters. The Morgan fingerprint density at radius 2 is 2.10 bits per heavy atom. The van der Waals surface area contributed by atoms with Crippen LogP contribution in [0.25, 0.3) is 0 Å². The van der Waals surface area contributed by atoms with Crippen LogP contribution in [0.3, 0.4) is 0 Å². The minimum absolute atomic E-state index is 0.000344. The maximum absolute atomic E-state index is 12.5. The number of aromatic carboxylic acids is 1. The van der Waals surface area contributed by atoms with E-state index in [1.807, 2.05) is 13.8 Å². The lowest BCUT2D eigenvalue weighted by Crippen LogP contribution is -2.34. The Kier molecular flexibility index (Phi) is 5.94. The second-order valence-electron chi connectivity index (χ2n) is 4.62. The SMILES string of the molecule is C#CCC(CC)NS(=O)(=O)c1cc(C(=O)O)ccc1CC. The first-order valence-electron chi connectivity index (χ1n) is 6.67. The monoisotopic (exact) mass is 309 g/mol. The number of aryl methyl sites for hydroxylation is 1. The molecule has 114 valence electrons. The fourth-order valence-corrected chi connectivity index (χ4v) is 3.58. The van der Waals surface area contributed by atoms with Gasteiger partial charge in [-0.3, -0.25) is 0 Å². The van der Waals surface area contributed by atoms with Gasteiger partial charge in [-0.05, 0) is 30.5 Å². The minimum atomic E-state index is -3.80. The van der Waals surface area contributed by atoms with Crippen molar-refractivity contribution in [3.05, 3.63) is 29.3 Å². The van der Waals surface area contributed by atoms with Crippen molar-refractivity contribution in [2.75, 3.05) is 0 Å². The van der Waals surface area contributed by atoms with Gasteiger partial charge in [0.05, 0.1) is 10.5 Å². The quantitative estimate of drug-likeness (QED) is 0.755. The van der Waals surface area contributed by atoms with Crippen molar-refractivity contribution in [2.45, 2.75) is 44.0 Å². The topological polar surface area (TPSA) is 83.5 Å². The molecule has 0 radical (unpaired) electrons. The average Bonchev–Trinajstić information content (AvgIpc) is 2.45. The summed E-state index contributed by atoms with van der Waals surface area (Å²) in [7, 11) is -3.80. The summed E-state index contributed by atoms with van der Waals surface area (Å²) >= 11 is 0. The molecule has 0 spiro atoms. The smallest absolute Gasteiger partial charge is 0.335 e. The van der Waals surface area contributed by atoms with Gasteiger partial charge in [-0.15, -0.1) is 12.3 Å². The van der Waals surface area contributed by atoms with Crippen LogP contribution in [0.15, 0.2) is 23.1 Å². The van der Waals surface area contributed by atoms with Gasteiger partial charge >= 0.3 is 5.97 Å². The van der Waals surface area contributed by atoms with E-state index in [2.05, 4.69) is 10.6 Å². The van der Waals surface area contributed by atoms with Gasteiger partial charge < -0.3 is 5.11 Å². The maximum Gasteiger partial charge on any atom is 0.335 e. The van der Waals surface area contributed by atoms with Gasteiger partial charge in [-0.2, -0.15) is 0 Å². The summed E-state index contributed by atoms with van der Waals surface area (Å²) in [5.74, 6) is 1.27. The first-order chi connectivity index (χ1) is 9.85. The van der Waals surface area contributed by atoms with Crippen molar-refractivity contribution in [1.29, 1.82) is 0 Å². The fourth-order valence-electron chi connectivity index (χ4n) is 1.92. The number of hydrogen-bond donors (Lipinski definition) is 2. The standard InChI is InChI=1S/C15H19NO4S/c1-4-7-13(6-3)16-21(19,20)14-10-12(15(17)18)9-8-11(14)5-2/h1,8-10,13,16H,5-7H2,2-3H3,(H,17,18). The number of rotatable bonds is 7. The Labute approximate surface area is 125 Å². The third kappa shape index (κ3) is 4.31. The summed E-state index contributed by atoms with van der Waals surface area (Å²) < 4.78 is 27.5. The summed E-state index contributed by atoms with van der Waals surface area (Å²) in [6, 6.07) is 3.75. The van der Waals surface area contributed by atoms with Gasteiger partial charge in [0.2, 0.25) is 10.0 Å². The second-order valence-corrected chi connectivity index (χ2v) is 6.30. The van der Waals surface area contributed by atoms with Crippen LogP contribution in [0.1, 0.15) is 42.6 Å². The zero-order valence-electron chi connectivity index (χ0n) is 12.1.